The maximum Gasteiger partial charge on any atom is 0.317 e. The highest BCUT2D eigenvalue weighted by Gasteiger charge is 2.39. The molecule has 3 N–H and O–H groups in total. The summed E-state index contributed by atoms with van der Waals surface area (Å²) in [6.45, 7) is 0.568. The molecule has 0 aromatic heterocycles. The van der Waals surface area contributed by atoms with Gasteiger partial charge in [-0.05, 0) is 25.8 Å². The molecule has 1 fully saturated rings. The van der Waals surface area contributed by atoms with Crippen molar-refractivity contribution in [3.8, 4) is 0 Å². The summed E-state index contributed by atoms with van der Waals surface area (Å²) in [6, 6.07) is 0. The fourth-order valence-electron chi connectivity index (χ4n) is 0.911. The van der Waals surface area contributed by atoms with Crippen LogP contribution in [0.5, 0.6) is 0 Å². The Balaban J connectivity index is 1.92. The van der Waals surface area contributed by atoms with Gasteiger partial charge in [0.2, 0.25) is 0 Å². The molecule has 0 aromatic carbocycles. The molecule has 0 unspecified atom stereocenters. The van der Waals surface area contributed by atoms with Crippen molar-refractivity contribution in [3.05, 3.63) is 0 Å². The SMILES string of the molecule is O=C(O)CNCCC1(O)CC1. The molecule has 0 aromatic rings. The van der Waals surface area contributed by atoms with Crippen molar-refractivity contribution >= 4 is 5.97 Å². The molecule has 0 amide bonds. The minimum Gasteiger partial charge on any atom is -0.480 e. The van der Waals surface area contributed by atoms with Crippen LogP contribution in [-0.4, -0.2) is 34.9 Å². The zero-order valence-electron chi connectivity index (χ0n) is 6.34. The maximum absolute atomic E-state index is 10.0. The Morgan fingerprint density at radius 1 is 1.55 bits per heavy atom. The Labute approximate surface area is 65.2 Å². The van der Waals surface area contributed by atoms with Crippen molar-refractivity contribution in [2.75, 3.05) is 13.1 Å². The minimum absolute atomic E-state index is 0.0178. The molecule has 4 nitrogen and oxygen atoms in total. The topological polar surface area (TPSA) is 69.6 Å². The van der Waals surface area contributed by atoms with E-state index >= 15 is 0 Å². The van der Waals surface area contributed by atoms with Crippen LogP contribution in [0.4, 0.5) is 0 Å². The van der Waals surface area contributed by atoms with E-state index in [4.69, 9.17) is 5.11 Å². The summed E-state index contributed by atoms with van der Waals surface area (Å²) in [4.78, 5) is 10.0. The number of carboxylic acids is 1. The largest absolute Gasteiger partial charge is 0.480 e. The predicted octanol–water partition coefficient (Wildman–Crippen LogP) is -0.424. The van der Waals surface area contributed by atoms with Crippen LogP contribution < -0.4 is 5.32 Å². The third-order valence-electron chi connectivity index (χ3n) is 1.87. The van der Waals surface area contributed by atoms with Crippen LogP contribution in [0.3, 0.4) is 0 Å². The van der Waals surface area contributed by atoms with Crippen molar-refractivity contribution in [1.82, 2.24) is 5.32 Å². The Morgan fingerprint density at radius 2 is 2.18 bits per heavy atom. The molecule has 0 spiro atoms. The molecule has 11 heavy (non-hydrogen) atoms. The Kier molecular flexibility index (Phi) is 2.46. The number of carbonyl (C=O) groups is 1. The van der Waals surface area contributed by atoms with E-state index in [1.165, 1.54) is 0 Å². The number of hydrogen-bond acceptors (Lipinski definition) is 3. The van der Waals surface area contributed by atoms with Crippen LogP contribution in [0.15, 0.2) is 0 Å². The second kappa shape index (κ2) is 3.19. The van der Waals surface area contributed by atoms with Crippen LogP contribution in [-0.2, 0) is 4.79 Å². The van der Waals surface area contributed by atoms with E-state index in [9.17, 15) is 9.90 Å². The van der Waals surface area contributed by atoms with Crippen LogP contribution in [0.25, 0.3) is 0 Å². The van der Waals surface area contributed by atoms with Crippen molar-refractivity contribution in [1.29, 1.82) is 0 Å². The van der Waals surface area contributed by atoms with Gasteiger partial charge in [-0.3, -0.25) is 4.79 Å². The first-order chi connectivity index (χ1) is 5.12. The van der Waals surface area contributed by atoms with Gasteiger partial charge in [-0.25, -0.2) is 0 Å². The number of aliphatic carboxylic acids is 1. The molecule has 4 heteroatoms. The summed E-state index contributed by atoms with van der Waals surface area (Å²) >= 11 is 0. The molecule has 0 saturated heterocycles. The van der Waals surface area contributed by atoms with Crippen molar-refractivity contribution < 1.29 is 15.0 Å². The first-order valence-corrected chi connectivity index (χ1v) is 3.77. The molecule has 64 valence electrons. The molecule has 0 bridgehead atoms. The molecule has 1 aliphatic carbocycles. The zero-order valence-corrected chi connectivity index (χ0v) is 6.34. The van der Waals surface area contributed by atoms with E-state index in [2.05, 4.69) is 5.32 Å². The summed E-state index contributed by atoms with van der Waals surface area (Å²) < 4.78 is 0. The van der Waals surface area contributed by atoms with Crippen LogP contribution >= 0.6 is 0 Å². The van der Waals surface area contributed by atoms with Gasteiger partial charge in [0.1, 0.15) is 0 Å². The van der Waals surface area contributed by atoms with Crippen LogP contribution in [0.1, 0.15) is 19.3 Å². The lowest BCUT2D eigenvalue weighted by Gasteiger charge is -2.06. The predicted molar refractivity (Wildman–Crippen MR) is 39.3 cm³/mol. The van der Waals surface area contributed by atoms with E-state index in [-0.39, 0.29) is 6.54 Å². The smallest absolute Gasteiger partial charge is 0.317 e. The standard InChI is InChI=1S/C7H13NO3/c9-6(10)5-8-4-3-7(11)1-2-7/h8,11H,1-5H2,(H,9,10). The summed E-state index contributed by atoms with van der Waals surface area (Å²) in [5.41, 5.74) is -0.467. The Bertz CT molecular complexity index is 154. The van der Waals surface area contributed by atoms with Gasteiger partial charge in [-0.1, -0.05) is 0 Å². The third-order valence-corrected chi connectivity index (χ3v) is 1.87. The quantitative estimate of drug-likeness (QED) is 0.476. The third kappa shape index (κ3) is 3.34. The number of nitrogens with one attached hydrogen (secondary N) is 1. The Hall–Kier alpha value is -0.610. The van der Waals surface area contributed by atoms with Crippen molar-refractivity contribution in [2.45, 2.75) is 24.9 Å². The summed E-state index contributed by atoms with van der Waals surface area (Å²) in [5, 5.41) is 20.3. The van der Waals surface area contributed by atoms with E-state index in [0.717, 1.165) is 12.8 Å². The normalized spacial score (nSPS) is 19.7. The van der Waals surface area contributed by atoms with Gasteiger partial charge < -0.3 is 15.5 Å². The summed E-state index contributed by atoms with van der Waals surface area (Å²) in [6.07, 6.45) is 2.39. The highest BCUT2D eigenvalue weighted by molar-refractivity contribution is 5.68. The molecule has 0 heterocycles. The molecule has 0 radical (unpaired) electrons. The molecule has 0 atom stereocenters. The van der Waals surface area contributed by atoms with Gasteiger partial charge in [0.05, 0.1) is 12.1 Å². The fraction of sp³-hybridized carbons (Fsp3) is 0.857. The van der Waals surface area contributed by atoms with Gasteiger partial charge in [0.25, 0.3) is 0 Å². The number of carboxylic acid groups (broad SMARTS) is 1. The maximum atomic E-state index is 10.0. The van der Waals surface area contributed by atoms with E-state index in [0.29, 0.717) is 13.0 Å². The molecule has 0 aliphatic heterocycles. The number of hydrogen-bond donors (Lipinski definition) is 3. The summed E-state index contributed by atoms with van der Waals surface area (Å²) in [5.74, 6) is -0.854. The van der Waals surface area contributed by atoms with Gasteiger partial charge in [0, 0.05) is 0 Å². The van der Waals surface area contributed by atoms with Crippen molar-refractivity contribution in [3.63, 3.8) is 0 Å². The second-order valence-corrected chi connectivity index (χ2v) is 3.04. The highest BCUT2D eigenvalue weighted by Crippen LogP contribution is 2.37. The monoisotopic (exact) mass is 159 g/mol. The second-order valence-electron chi connectivity index (χ2n) is 3.04. The number of aliphatic hydroxyl groups is 1. The molecular formula is C7H13NO3. The van der Waals surface area contributed by atoms with Gasteiger partial charge >= 0.3 is 5.97 Å². The average molecular weight is 159 g/mol. The molecule has 1 rings (SSSR count). The van der Waals surface area contributed by atoms with E-state index < -0.39 is 11.6 Å². The fourth-order valence-corrected chi connectivity index (χ4v) is 0.911. The van der Waals surface area contributed by atoms with Crippen LogP contribution in [0.2, 0.25) is 0 Å². The average Bonchev–Trinajstić information content (AvgIpc) is 2.62. The van der Waals surface area contributed by atoms with Crippen LogP contribution in [0, 0.1) is 0 Å². The first-order valence-electron chi connectivity index (χ1n) is 3.77. The number of rotatable bonds is 5. The van der Waals surface area contributed by atoms with Gasteiger partial charge in [-0.2, -0.15) is 0 Å². The molecular weight excluding hydrogens is 146 g/mol. The molecule has 1 aliphatic rings. The molecule has 1 saturated carbocycles. The lowest BCUT2D eigenvalue weighted by Crippen LogP contribution is -2.26. The minimum atomic E-state index is -0.854. The van der Waals surface area contributed by atoms with E-state index in [1.807, 2.05) is 0 Å². The zero-order chi connectivity index (χ0) is 8.32. The highest BCUT2D eigenvalue weighted by atomic mass is 16.4. The van der Waals surface area contributed by atoms with Gasteiger partial charge in [0.15, 0.2) is 0 Å². The first kappa shape index (κ1) is 8.49. The lowest BCUT2D eigenvalue weighted by atomic mass is 10.2. The Morgan fingerprint density at radius 3 is 2.64 bits per heavy atom. The van der Waals surface area contributed by atoms with Gasteiger partial charge in [-0.15, -0.1) is 0 Å². The lowest BCUT2D eigenvalue weighted by molar-refractivity contribution is -0.136. The van der Waals surface area contributed by atoms with E-state index in [1.54, 1.807) is 0 Å². The van der Waals surface area contributed by atoms with Crippen molar-refractivity contribution in [2.24, 2.45) is 0 Å². The summed E-state index contributed by atoms with van der Waals surface area (Å²) in [7, 11) is 0.